The number of halogens is 1. The van der Waals surface area contributed by atoms with Crippen molar-refractivity contribution in [1.82, 2.24) is 10.2 Å². The van der Waals surface area contributed by atoms with Crippen LogP contribution in [0.1, 0.15) is 44.9 Å². The molecule has 178 valence electrons. The van der Waals surface area contributed by atoms with E-state index in [1.165, 1.54) is 6.07 Å². The Morgan fingerprint density at radius 1 is 0.971 bits per heavy atom. The number of hydrogen-bond donors (Lipinski definition) is 2. The Hall–Kier alpha value is -2.69. The highest BCUT2D eigenvalue weighted by atomic mass is 79.9. The number of carbonyl (C=O) groups is 2. The summed E-state index contributed by atoms with van der Waals surface area (Å²) in [6.07, 6.45) is 2.99. The van der Waals surface area contributed by atoms with Gasteiger partial charge in [-0.2, -0.15) is 0 Å². The van der Waals surface area contributed by atoms with Gasteiger partial charge in [-0.1, -0.05) is 34.1 Å². The molecule has 1 aromatic heterocycles. The normalized spacial score (nSPS) is 14.0. The first-order valence-electron chi connectivity index (χ1n) is 10.9. The average Bonchev–Trinajstić information content (AvgIpc) is 3.33. The minimum atomic E-state index is -3.92. The Labute approximate surface area is 211 Å². The number of nitrogens with zero attached hydrogens (tertiary/aromatic N) is 1. The summed E-state index contributed by atoms with van der Waals surface area (Å²) in [6.45, 7) is 1.55. The third-order valence-corrected chi connectivity index (χ3v) is 8.90. The van der Waals surface area contributed by atoms with Crippen LogP contribution in [0, 0.1) is 0 Å². The van der Waals surface area contributed by atoms with Gasteiger partial charge in [-0.05, 0) is 61.7 Å². The van der Waals surface area contributed by atoms with E-state index in [2.05, 4.69) is 26.0 Å². The molecule has 0 atom stereocenters. The zero-order chi connectivity index (χ0) is 24.1. The van der Waals surface area contributed by atoms with Gasteiger partial charge in [0.15, 0.2) is 0 Å². The topological polar surface area (TPSA) is 95.6 Å². The molecule has 10 heteroatoms. The molecule has 0 saturated carbocycles. The summed E-state index contributed by atoms with van der Waals surface area (Å²) in [5.74, 6) is -0.410. The van der Waals surface area contributed by atoms with Gasteiger partial charge in [0.1, 0.15) is 4.21 Å². The van der Waals surface area contributed by atoms with Crippen LogP contribution >= 0.6 is 27.3 Å². The van der Waals surface area contributed by atoms with E-state index in [4.69, 9.17) is 0 Å². The molecular weight excluding hydrogens is 538 g/mol. The summed E-state index contributed by atoms with van der Waals surface area (Å²) in [5, 5.41) is 2.80. The molecule has 1 fully saturated rings. The van der Waals surface area contributed by atoms with E-state index < -0.39 is 10.0 Å². The lowest BCUT2D eigenvalue weighted by Gasteiger charge is -2.27. The largest absolute Gasteiger partial charge is 0.347 e. The third-order valence-electron chi connectivity index (χ3n) is 5.46. The summed E-state index contributed by atoms with van der Waals surface area (Å²) in [4.78, 5) is 27.8. The average molecular weight is 563 g/mol. The molecule has 2 amide bonds. The number of piperidine rings is 1. The van der Waals surface area contributed by atoms with Crippen LogP contribution in [0.15, 0.2) is 69.3 Å². The van der Waals surface area contributed by atoms with Gasteiger partial charge in [0.25, 0.3) is 21.8 Å². The molecule has 7 nitrogen and oxygen atoms in total. The zero-order valence-electron chi connectivity index (χ0n) is 18.3. The van der Waals surface area contributed by atoms with Crippen LogP contribution in [0.4, 0.5) is 5.69 Å². The lowest BCUT2D eigenvalue weighted by molar-refractivity contribution is 0.0725. The summed E-state index contributed by atoms with van der Waals surface area (Å²) in [7, 11) is -3.92. The molecule has 2 heterocycles. The van der Waals surface area contributed by atoms with E-state index >= 15 is 0 Å². The van der Waals surface area contributed by atoms with Gasteiger partial charge in [0, 0.05) is 28.0 Å². The van der Waals surface area contributed by atoms with Crippen molar-refractivity contribution in [2.45, 2.75) is 30.0 Å². The summed E-state index contributed by atoms with van der Waals surface area (Å²) < 4.78 is 29.6. The number of rotatable bonds is 7. The monoisotopic (exact) mass is 561 g/mol. The molecular formula is C24H24BrN3O4S2. The highest BCUT2D eigenvalue weighted by molar-refractivity contribution is 9.10. The minimum Gasteiger partial charge on any atom is -0.347 e. The first kappa shape index (κ1) is 24.4. The Morgan fingerprint density at radius 3 is 2.44 bits per heavy atom. The summed E-state index contributed by atoms with van der Waals surface area (Å²) >= 11 is 4.44. The van der Waals surface area contributed by atoms with Crippen molar-refractivity contribution in [2.75, 3.05) is 17.8 Å². The third kappa shape index (κ3) is 5.86. The Kier molecular flexibility index (Phi) is 7.70. The number of nitrogens with one attached hydrogen (secondary N) is 2. The standard InChI is InChI=1S/C24H24BrN3O4S2/c25-18-9-11-20(24(30)28-13-5-2-6-14-28)21(15-18)27-34(31,32)22-12-10-19(33-22)16-26-23(29)17-7-3-1-4-8-17/h1,3-4,7-12,15,27H,2,5-6,13-14,16H2,(H,26,29). The summed E-state index contributed by atoms with van der Waals surface area (Å²) in [5.41, 5.74) is 1.09. The quantitative estimate of drug-likeness (QED) is 0.430. The fourth-order valence-corrected chi connectivity index (χ4v) is 6.43. The molecule has 2 N–H and O–H groups in total. The van der Waals surface area contributed by atoms with Crippen molar-refractivity contribution < 1.29 is 18.0 Å². The van der Waals surface area contributed by atoms with E-state index in [0.29, 0.717) is 33.6 Å². The van der Waals surface area contributed by atoms with Crippen LogP contribution in [-0.2, 0) is 16.6 Å². The molecule has 4 rings (SSSR count). The second-order valence-corrected chi connectivity index (χ2v) is 11.9. The molecule has 0 unspecified atom stereocenters. The lowest BCUT2D eigenvalue weighted by Crippen LogP contribution is -2.36. The van der Waals surface area contributed by atoms with Crippen molar-refractivity contribution in [2.24, 2.45) is 0 Å². The molecule has 34 heavy (non-hydrogen) atoms. The van der Waals surface area contributed by atoms with Crippen molar-refractivity contribution in [3.05, 3.63) is 81.1 Å². The van der Waals surface area contributed by atoms with Gasteiger partial charge in [0.2, 0.25) is 0 Å². The SMILES string of the molecule is O=C(NCc1ccc(S(=O)(=O)Nc2cc(Br)ccc2C(=O)N2CCCCC2)s1)c1ccccc1. The zero-order valence-corrected chi connectivity index (χ0v) is 21.5. The van der Waals surface area contributed by atoms with E-state index in [1.807, 2.05) is 6.07 Å². The maximum atomic E-state index is 13.1. The molecule has 3 aromatic rings. The van der Waals surface area contributed by atoms with Gasteiger partial charge >= 0.3 is 0 Å². The molecule has 0 aliphatic carbocycles. The number of sulfonamides is 1. The number of benzene rings is 2. The highest BCUT2D eigenvalue weighted by Gasteiger charge is 2.24. The Balaban J connectivity index is 1.48. The second-order valence-electron chi connectivity index (χ2n) is 7.92. The predicted molar refractivity (Wildman–Crippen MR) is 137 cm³/mol. The van der Waals surface area contributed by atoms with Crippen LogP contribution in [-0.4, -0.2) is 38.2 Å². The first-order valence-corrected chi connectivity index (χ1v) is 14.0. The van der Waals surface area contributed by atoms with Crippen LogP contribution in [0.25, 0.3) is 0 Å². The maximum absolute atomic E-state index is 13.1. The van der Waals surface area contributed by atoms with Crippen molar-refractivity contribution in [1.29, 1.82) is 0 Å². The van der Waals surface area contributed by atoms with E-state index in [9.17, 15) is 18.0 Å². The predicted octanol–water partition coefficient (Wildman–Crippen LogP) is 4.87. The molecule has 0 radical (unpaired) electrons. The number of carbonyl (C=O) groups excluding carboxylic acids is 2. The van der Waals surface area contributed by atoms with E-state index in [0.717, 1.165) is 30.6 Å². The minimum absolute atomic E-state index is 0.104. The lowest BCUT2D eigenvalue weighted by atomic mass is 10.1. The van der Waals surface area contributed by atoms with Crippen LogP contribution < -0.4 is 10.0 Å². The number of likely N-dealkylation sites (tertiary alicyclic amines) is 1. The number of hydrogen-bond acceptors (Lipinski definition) is 5. The molecule has 1 aliphatic heterocycles. The fourth-order valence-electron chi connectivity index (χ4n) is 3.71. The fraction of sp³-hybridized carbons (Fsp3) is 0.250. The summed E-state index contributed by atoms with van der Waals surface area (Å²) in [6, 6.07) is 17.0. The van der Waals surface area contributed by atoms with Gasteiger partial charge in [0.05, 0.1) is 17.8 Å². The Morgan fingerprint density at radius 2 is 1.71 bits per heavy atom. The first-order chi connectivity index (χ1) is 16.3. The van der Waals surface area contributed by atoms with Crippen LogP contribution in [0.3, 0.4) is 0 Å². The smallest absolute Gasteiger partial charge is 0.271 e. The molecule has 1 aliphatic rings. The highest BCUT2D eigenvalue weighted by Crippen LogP contribution is 2.29. The number of amides is 2. The number of anilines is 1. The van der Waals surface area contributed by atoms with Crippen LogP contribution in [0.5, 0.6) is 0 Å². The Bertz CT molecular complexity index is 1290. The van der Waals surface area contributed by atoms with E-state index in [1.54, 1.807) is 53.4 Å². The van der Waals surface area contributed by atoms with Crippen molar-refractivity contribution in [3.63, 3.8) is 0 Å². The van der Waals surface area contributed by atoms with Gasteiger partial charge in [-0.25, -0.2) is 8.42 Å². The second kappa shape index (κ2) is 10.7. The maximum Gasteiger partial charge on any atom is 0.271 e. The molecule has 0 bridgehead atoms. The van der Waals surface area contributed by atoms with Crippen LogP contribution in [0.2, 0.25) is 0 Å². The van der Waals surface area contributed by atoms with Gasteiger partial charge in [-0.3, -0.25) is 14.3 Å². The van der Waals surface area contributed by atoms with Crippen molar-refractivity contribution >= 4 is 54.8 Å². The molecule has 1 saturated heterocycles. The van der Waals surface area contributed by atoms with Gasteiger partial charge in [-0.15, -0.1) is 11.3 Å². The van der Waals surface area contributed by atoms with E-state index in [-0.39, 0.29) is 28.3 Å². The number of thiophene rings is 1. The van der Waals surface area contributed by atoms with Crippen molar-refractivity contribution in [3.8, 4) is 0 Å². The molecule has 2 aromatic carbocycles. The van der Waals surface area contributed by atoms with Gasteiger partial charge < -0.3 is 10.2 Å². The molecule has 0 spiro atoms.